The van der Waals surface area contributed by atoms with Crippen molar-refractivity contribution in [2.45, 2.75) is 33.3 Å². The molecule has 0 spiro atoms. The molecular formula is C12H22N4O. The first-order valence-electron chi connectivity index (χ1n) is 5.96. The number of rotatable bonds is 6. The van der Waals surface area contributed by atoms with Crippen LogP contribution in [0.1, 0.15) is 26.0 Å². The van der Waals surface area contributed by atoms with Crippen molar-refractivity contribution in [2.75, 3.05) is 24.2 Å². The summed E-state index contributed by atoms with van der Waals surface area (Å²) in [5.74, 6) is 1.82. The zero-order valence-electron chi connectivity index (χ0n) is 11.0. The molecule has 0 aromatic carbocycles. The fourth-order valence-corrected chi connectivity index (χ4v) is 1.62. The summed E-state index contributed by atoms with van der Waals surface area (Å²) in [5, 5.41) is 15.8. The highest BCUT2D eigenvalue weighted by Crippen LogP contribution is 2.10. The zero-order chi connectivity index (χ0) is 12.8. The van der Waals surface area contributed by atoms with Gasteiger partial charge in [0.2, 0.25) is 5.95 Å². The van der Waals surface area contributed by atoms with Gasteiger partial charge in [0.15, 0.2) is 0 Å². The van der Waals surface area contributed by atoms with Crippen molar-refractivity contribution in [3.8, 4) is 0 Å². The largest absolute Gasteiger partial charge is 0.391 e. The summed E-state index contributed by atoms with van der Waals surface area (Å²) in [7, 11) is 1.78. The van der Waals surface area contributed by atoms with Crippen LogP contribution in [0.4, 0.5) is 11.8 Å². The van der Waals surface area contributed by atoms with E-state index in [0.717, 1.165) is 17.9 Å². The molecule has 1 heterocycles. The van der Waals surface area contributed by atoms with Crippen molar-refractivity contribution < 1.29 is 5.11 Å². The van der Waals surface area contributed by atoms with Crippen LogP contribution in [0.3, 0.4) is 0 Å². The van der Waals surface area contributed by atoms with Crippen LogP contribution in [0, 0.1) is 12.8 Å². The molecule has 1 aromatic heterocycles. The fourth-order valence-electron chi connectivity index (χ4n) is 1.62. The van der Waals surface area contributed by atoms with Crippen molar-refractivity contribution in [3.05, 3.63) is 11.8 Å². The first-order valence-corrected chi connectivity index (χ1v) is 5.96. The number of aromatic nitrogens is 2. The Morgan fingerprint density at radius 3 is 2.65 bits per heavy atom. The highest BCUT2D eigenvalue weighted by molar-refractivity contribution is 5.41. The Morgan fingerprint density at radius 1 is 1.35 bits per heavy atom. The SMILES string of the molecule is CNc1nc(C)cc(NCC(O)CC(C)C)n1. The van der Waals surface area contributed by atoms with E-state index >= 15 is 0 Å². The van der Waals surface area contributed by atoms with Gasteiger partial charge in [0.1, 0.15) is 5.82 Å². The van der Waals surface area contributed by atoms with Crippen LogP contribution in [-0.4, -0.2) is 34.8 Å². The van der Waals surface area contributed by atoms with E-state index in [2.05, 4.69) is 34.4 Å². The maximum Gasteiger partial charge on any atom is 0.224 e. The second kappa shape index (κ2) is 6.39. The third-order valence-corrected chi connectivity index (χ3v) is 2.34. The van der Waals surface area contributed by atoms with Crippen LogP contribution < -0.4 is 10.6 Å². The van der Waals surface area contributed by atoms with E-state index in [1.165, 1.54) is 0 Å². The highest BCUT2D eigenvalue weighted by Gasteiger charge is 2.07. The van der Waals surface area contributed by atoms with E-state index in [-0.39, 0.29) is 6.10 Å². The Kier molecular flexibility index (Phi) is 5.15. The van der Waals surface area contributed by atoms with E-state index in [1.54, 1.807) is 7.05 Å². The molecule has 96 valence electrons. The molecule has 5 nitrogen and oxygen atoms in total. The second-order valence-electron chi connectivity index (χ2n) is 4.63. The Morgan fingerprint density at radius 2 is 2.06 bits per heavy atom. The summed E-state index contributed by atoms with van der Waals surface area (Å²) in [6.45, 7) is 6.62. The van der Waals surface area contributed by atoms with Gasteiger partial charge in [0.05, 0.1) is 6.10 Å². The average Bonchev–Trinajstić information content (AvgIpc) is 2.24. The molecule has 0 aliphatic carbocycles. The Bertz CT molecular complexity index is 354. The molecule has 1 rings (SSSR count). The second-order valence-corrected chi connectivity index (χ2v) is 4.63. The van der Waals surface area contributed by atoms with Crippen LogP contribution in [0.15, 0.2) is 6.07 Å². The number of nitrogens with zero attached hydrogens (tertiary/aromatic N) is 2. The van der Waals surface area contributed by atoms with Crippen molar-refractivity contribution in [1.29, 1.82) is 0 Å². The lowest BCUT2D eigenvalue weighted by Gasteiger charge is -2.14. The van der Waals surface area contributed by atoms with Crippen molar-refractivity contribution in [2.24, 2.45) is 5.92 Å². The molecule has 0 bridgehead atoms. The molecule has 3 N–H and O–H groups in total. The first kappa shape index (κ1) is 13.7. The van der Waals surface area contributed by atoms with Crippen molar-refractivity contribution in [1.82, 2.24) is 9.97 Å². The van der Waals surface area contributed by atoms with Gasteiger partial charge in [-0.15, -0.1) is 0 Å². The number of anilines is 2. The fraction of sp³-hybridized carbons (Fsp3) is 0.667. The van der Waals surface area contributed by atoms with Crippen LogP contribution in [0.2, 0.25) is 0 Å². The molecule has 0 saturated heterocycles. The molecular weight excluding hydrogens is 216 g/mol. The molecule has 0 amide bonds. The number of hydrogen-bond acceptors (Lipinski definition) is 5. The van der Waals surface area contributed by atoms with E-state index in [9.17, 15) is 5.11 Å². The number of aliphatic hydroxyl groups is 1. The van der Waals surface area contributed by atoms with Crippen LogP contribution in [0.5, 0.6) is 0 Å². The highest BCUT2D eigenvalue weighted by atomic mass is 16.3. The lowest BCUT2D eigenvalue weighted by molar-refractivity contribution is 0.161. The zero-order valence-corrected chi connectivity index (χ0v) is 11.0. The van der Waals surface area contributed by atoms with Gasteiger partial charge in [0, 0.05) is 25.4 Å². The predicted octanol–water partition coefficient (Wildman–Crippen LogP) is 1.65. The molecule has 1 atom stereocenters. The predicted molar refractivity (Wildman–Crippen MR) is 70.3 cm³/mol. The Hall–Kier alpha value is -1.36. The molecule has 1 aromatic rings. The normalized spacial score (nSPS) is 12.6. The minimum Gasteiger partial charge on any atom is -0.391 e. The Labute approximate surface area is 103 Å². The van der Waals surface area contributed by atoms with E-state index in [1.807, 2.05) is 13.0 Å². The standard InChI is InChI=1S/C12H22N4O/c1-8(2)5-10(17)7-14-11-6-9(3)15-12(13-4)16-11/h6,8,10,17H,5,7H2,1-4H3,(H2,13,14,15,16). The van der Waals surface area contributed by atoms with Gasteiger partial charge in [-0.05, 0) is 19.3 Å². The molecule has 0 aliphatic rings. The topological polar surface area (TPSA) is 70.1 Å². The quantitative estimate of drug-likeness (QED) is 0.703. The van der Waals surface area contributed by atoms with Gasteiger partial charge < -0.3 is 15.7 Å². The van der Waals surface area contributed by atoms with Crippen molar-refractivity contribution >= 4 is 11.8 Å². The smallest absolute Gasteiger partial charge is 0.224 e. The maximum absolute atomic E-state index is 9.76. The first-order chi connectivity index (χ1) is 8.01. The average molecular weight is 238 g/mol. The van der Waals surface area contributed by atoms with Crippen molar-refractivity contribution in [3.63, 3.8) is 0 Å². The van der Waals surface area contributed by atoms with Crippen LogP contribution >= 0.6 is 0 Å². The maximum atomic E-state index is 9.76. The summed E-state index contributed by atoms with van der Waals surface area (Å²) in [6.07, 6.45) is 0.443. The summed E-state index contributed by atoms with van der Waals surface area (Å²) < 4.78 is 0. The van der Waals surface area contributed by atoms with E-state index in [0.29, 0.717) is 18.4 Å². The van der Waals surface area contributed by atoms with Gasteiger partial charge in [-0.25, -0.2) is 4.98 Å². The van der Waals surface area contributed by atoms with Gasteiger partial charge >= 0.3 is 0 Å². The van der Waals surface area contributed by atoms with Gasteiger partial charge in [-0.2, -0.15) is 4.98 Å². The molecule has 0 saturated carbocycles. The number of nitrogens with one attached hydrogen (secondary N) is 2. The molecule has 17 heavy (non-hydrogen) atoms. The summed E-state index contributed by atoms with van der Waals surface area (Å²) in [6, 6.07) is 1.86. The summed E-state index contributed by atoms with van der Waals surface area (Å²) in [4.78, 5) is 8.46. The van der Waals surface area contributed by atoms with E-state index < -0.39 is 0 Å². The molecule has 5 heteroatoms. The van der Waals surface area contributed by atoms with E-state index in [4.69, 9.17) is 0 Å². The molecule has 1 unspecified atom stereocenters. The third-order valence-electron chi connectivity index (χ3n) is 2.34. The van der Waals surface area contributed by atoms with Gasteiger partial charge in [0.25, 0.3) is 0 Å². The van der Waals surface area contributed by atoms with Crippen LogP contribution in [0.25, 0.3) is 0 Å². The number of hydrogen-bond donors (Lipinski definition) is 3. The Balaban J connectivity index is 2.54. The minimum atomic E-state index is -0.344. The number of aryl methyl sites for hydroxylation is 1. The lowest BCUT2D eigenvalue weighted by atomic mass is 10.1. The third kappa shape index (κ3) is 4.99. The molecule has 0 fully saturated rings. The molecule has 0 aliphatic heterocycles. The summed E-state index contributed by atoms with van der Waals surface area (Å²) >= 11 is 0. The van der Waals surface area contributed by atoms with Crippen LogP contribution in [-0.2, 0) is 0 Å². The lowest BCUT2D eigenvalue weighted by Crippen LogP contribution is -2.22. The van der Waals surface area contributed by atoms with Gasteiger partial charge in [-0.1, -0.05) is 13.8 Å². The van der Waals surface area contributed by atoms with Gasteiger partial charge in [-0.3, -0.25) is 0 Å². The molecule has 0 radical (unpaired) electrons. The number of aliphatic hydroxyl groups excluding tert-OH is 1. The minimum absolute atomic E-state index is 0.344. The monoisotopic (exact) mass is 238 g/mol. The summed E-state index contributed by atoms with van der Waals surface area (Å²) in [5.41, 5.74) is 0.894.